The SMILES string of the molecule is CC1(O)CCCC1(C)Sc1ncn[nH]1. The van der Waals surface area contributed by atoms with Crippen LogP contribution in [0.25, 0.3) is 0 Å². The highest BCUT2D eigenvalue weighted by molar-refractivity contribution is 8.00. The second kappa shape index (κ2) is 3.24. The van der Waals surface area contributed by atoms with Crippen LogP contribution in [0.3, 0.4) is 0 Å². The maximum Gasteiger partial charge on any atom is 0.184 e. The van der Waals surface area contributed by atoms with Gasteiger partial charge in [0.2, 0.25) is 0 Å². The molecule has 1 aromatic heterocycles. The van der Waals surface area contributed by atoms with Crippen LogP contribution in [0.1, 0.15) is 33.1 Å². The van der Waals surface area contributed by atoms with E-state index in [1.165, 1.54) is 6.33 Å². The largest absolute Gasteiger partial charge is 0.389 e. The van der Waals surface area contributed by atoms with Crippen LogP contribution in [-0.4, -0.2) is 30.6 Å². The standard InChI is InChI=1S/C9H15N3OS/c1-8(13)4-3-5-9(8,2)14-7-10-6-11-12-7/h6,13H,3-5H2,1-2H3,(H,10,11,12). The Kier molecular flexibility index (Phi) is 2.31. The van der Waals surface area contributed by atoms with Gasteiger partial charge in [-0.05, 0) is 33.1 Å². The maximum atomic E-state index is 10.2. The van der Waals surface area contributed by atoms with Gasteiger partial charge in [0.25, 0.3) is 0 Å². The average Bonchev–Trinajstić information content (AvgIpc) is 2.63. The Labute approximate surface area is 87.5 Å². The molecule has 14 heavy (non-hydrogen) atoms. The molecule has 0 amide bonds. The van der Waals surface area contributed by atoms with Crippen molar-refractivity contribution in [2.45, 2.75) is 48.6 Å². The predicted octanol–water partition coefficient (Wildman–Crippen LogP) is 1.59. The molecule has 2 unspecified atom stereocenters. The third-order valence-electron chi connectivity index (χ3n) is 3.17. The number of hydrogen-bond donors (Lipinski definition) is 2. The molecule has 1 fully saturated rings. The van der Waals surface area contributed by atoms with E-state index in [-0.39, 0.29) is 4.75 Å². The summed E-state index contributed by atoms with van der Waals surface area (Å²) in [6.07, 6.45) is 4.45. The normalized spacial score (nSPS) is 37.6. The predicted molar refractivity (Wildman–Crippen MR) is 55.1 cm³/mol. The van der Waals surface area contributed by atoms with E-state index < -0.39 is 5.60 Å². The van der Waals surface area contributed by atoms with Crippen LogP contribution < -0.4 is 0 Å². The van der Waals surface area contributed by atoms with E-state index in [2.05, 4.69) is 22.1 Å². The van der Waals surface area contributed by atoms with Gasteiger partial charge in [0.1, 0.15) is 6.33 Å². The van der Waals surface area contributed by atoms with Gasteiger partial charge in [-0.3, -0.25) is 5.10 Å². The fraction of sp³-hybridized carbons (Fsp3) is 0.778. The molecule has 0 spiro atoms. The van der Waals surface area contributed by atoms with Gasteiger partial charge in [0, 0.05) is 4.75 Å². The summed E-state index contributed by atoms with van der Waals surface area (Å²) in [5, 5.41) is 17.6. The van der Waals surface area contributed by atoms with Crippen molar-refractivity contribution >= 4 is 11.8 Å². The van der Waals surface area contributed by atoms with Crippen molar-refractivity contribution in [2.24, 2.45) is 0 Å². The molecule has 1 aromatic rings. The Morgan fingerprint density at radius 2 is 2.29 bits per heavy atom. The highest BCUT2D eigenvalue weighted by Gasteiger charge is 2.48. The van der Waals surface area contributed by atoms with Crippen LogP contribution in [0.4, 0.5) is 0 Å². The first-order valence-corrected chi connectivity index (χ1v) is 5.62. The molecule has 78 valence electrons. The molecule has 0 saturated heterocycles. The fourth-order valence-corrected chi connectivity index (χ4v) is 3.11. The summed E-state index contributed by atoms with van der Waals surface area (Å²) < 4.78 is -0.146. The van der Waals surface area contributed by atoms with Gasteiger partial charge in [-0.2, -0.15) is 5.10 Å². The number of rotatable bonds is 2. The summed E-state index contributed by atoms with van der Waals surface area (Å²) >= 11 is 1.59. The van der Waals surface area contributed by atoms with Crippen LogP contribution in [-0.2, 0) is 0 Å². The average molecular weight is 213 g/mol. The summed E-state index contributed by atoms with van der Waals surface area (Å²) in [6.45, 7) is 4.00. The van der Waals surface area contributed by atoms with Crippen LogP contribution in [0.15, 0.2) is 11.5 Å². The highest BCUT2D eigenvalue weighted by atomic mass is 32.2. The van der Waals surface area contributed by atoms with Crippen LogP contribution in [0.2, 0.25) is 0 Å². The van der Waals surface area contributed by atoms with E-state index in [4.69, 9.17) is 0 Å². The minimum absolute atomic E-state index is 0.146. The first-order chi connectivity index (χ1) is 6.54. The molecule has 5 heteroatoms. The van der Waals surface area contributed by atoms with Gasteiger partial charge in [-0.15, -0.1) is 0 Å². The lowest BCUT2D eigenvalue weighted by Gasteiger charge is -2.35. The van der Waals surface area contributed by atoms with E-state index >= 15 is 0 Å². The molecule has 2 rings (SSSR count). The number of aliphatic hydroxyl groups is 1. The van der Waals surface area contributed by atoms with Crippen molar-refractivity contribution in [1.29, 1.82) is 0 Å². The van der Waals surface area contributed by atoms with Gasteiger partial charge in [-0.1, -0.05) is 11.8 Å². The number of aromatic nitrogens is 3. The maximum absolute atomic E-state index is 10.2. The van der Waals surface area contributed by atoms with E-state index in [0.29, 0.717) is 0 Å². The second-order valence-corrected chi connectivity index (χ2v) is 5.74. The van der Waals surface area contributed by atoms with E-state index in [0.717, 1.165) is 24.4 Å². The first kappa shape index (κ1) is 9.98. The van der Waals surface area contributed by atoms with Crippen molar-refractivity contribution in [2.75, 3.05) is 0 Å². The molecule has 0 aliphatic heterocycles. The van der Waals surface area contributed by atoms with Crippen LogP contribution in [0.5, 0.6) is 0 Å². The number of nitrogens with zero attached hydrogens (tertiary/aromatic N) is 2. The number of hydrogen-bond acceptors (Lipinski definition) is 4. The van der Waals surface area contributed by atoms with Crippen molar-refractivity contribution in [3.63, 3.8) is 0 Å². The zero-order valence-electron chi connectivity index (χ0n) is 8.45. The summed E-state index contributed by atoms with van der Waals surface area (Å²) in [6, 6.07) is 0. The number of nitrogens with one attached hydrogen (secondary N) is 1. The molecule has 0 aromatic carbocycles. The fourth-order valence-electron chi connectivity index (χ4n) is 1.92. The quantitative estimate of drug-likeness (QED) is 0.783. The molecule has 1 saturated carbocycles. The van der Waals surface area contributed by atoms with E-state index in [1.54, 1.807) is 11.8 Å². The topological polar surface area (TPSA) is 61.8 Å². The molecule has 1 aliphatic rings. The summed E-state index contributed by atoms with van der Waals surface area (Å²) in [5.41, 5.74) is -0.607. The van der Waals surface area contributed by atoms with Gasteiger partial charge in [0.15, 0.2) is 5.16 Å². The minimum Gasteiger partial charge on any atom is -0.389 e. The Balaban J connectivity index is 2.17. The number of thioether (sulfide) groups is 1. The Hall–Kier alpha value is -0.550. The number of aromatic amines is 1. The monoisotopic (exact) mass is 213 g/mol. The third kappa shape index (κ3) is 1.54. The molecule has 0 bridgehead atoms. The van der Waals surface area contributed by atoms with Crippen molar-refractivity contribution in [1.82, 2.24) is 15.2 Å². The van der Waals surface area contributed by atoms with Crippen LogP contribution in [0, 0.1) is 0 Å². The summed E-state index contributed by atoms with van der Waals surface area (Å²) in [4.78, 5) is 4.08. The van der Waals surface area contributed by atoms with Crippen molar-refractivity contribution in [3.8, 4) is 0 Å². The van der Waals surface area contributed by atoms with Gasteiger partial charge >= 0.3 is 0 Å². The molecule has 2 atom stereocenters. The lowest BCUT2D eigenvalue weighted by molar-refractivity contribution is 0.0436. The summed E-state index contributed by atoms with van der Waals surface area (Å²) in [5.74, 6) is 0. The Bertz CT molecular complexity index is 312. The van der Waals surface area contributed by atoms with Crippen molar-refractivity contribution in [3.05, 3.63) is 6.33 Å². The zero-order valence-corrected chi connectivity index (χ0v) is 9.27. The molecular weight excluding hydrogens is 198 g/mol. The molecule has 2 N–H and O–H groups in total. The second-order valence-electron chi connectivity index (χ2n) is 4.25. The lowest BCUT2D eigenvalue weighted by atomic mass is 9.94. The van der Waals surface area contributed by atoms with Gasteiger partial charge < -0.3 is 5.11 Å². The minimum atomic E-state index is -0.607. The lowest BCUT2D eigenvalue weighted by Crippen LogP contribution is -2.42. The van der Waals surface area contributed by atoms with Gasteiger partial charge in [-0.25, -0.2) is 4.98 Å². The molecular formula is C9H15N3OS. The molecule has 0 radical (unpaired) electrons. The van der Waals surface area contributed by atoms with Crippen molar-refractivity contribution < 1.29 is 5.11 Å². The van der Waals surface area contributed by atoms with Gasteiger partial charge in [0.05, 0.1) is 5.60 Å². The zero-order chi connectivity index (χ0) is 10.2. The first-order valence-electron chi connectivity index (χ1n) is 4.80. The molecule has 4 nitrogen and oxygen atoms in total. The smallest absolute Gasteiger partial charge is 0.184 e. The Morgan fingerprint density at radius 3 is 2.79 bits per heavy atom. The third-order valence-corrected chi connectivity index (χ3v) is 4.66. The Morgan fingerprint density at radius 1 is 1.50 bits per heavy atom. The molecule has 1 heterocycles. The number of H-pyrrole nitrogens is 1. The summed E-state index contributed by atoms with van der Waals surface area (Å²) in [7, 11) is 0. The van der Waals surface area contributed by atoms with E-state index in [9.17, 15) is 5.11 Å². The molecule has 1 aliphatic carbocycles. The van der Waals surface area contributed by atoms with Crippen LogP contribution >= 0.6 is 11.8 Å². The highest BCUT2D eigenvalue weighted by Crippen LogP contribution is 2.49. The van der Waals surface area contributed by atoms with E-state index in [1.807, 2.05) is 6.92 Å².